The highest BCUT2D eigenvalue weighted by Gasteiger charge is 2.22. The summed E-state index contributed by atoms with van der Waals surface area (Å²) in [6, 6.07) is 32.1. The molecule has 30 heteroatoms. The number of thiazole rings is 2. The zero-order valence-corrected chi connectivity index (χ0v) is 56.9. The van der Waals surface area contributed by atoms with Crippen LogP contribution in [0.15, 0.2) is 194 Å². The lowest BCUT2D eigenvalue weighted by atomic mass is 10.1. The van der Waals surface area contributed by atoms with E-state index in [2.05, 4.69) is 39.9 Å². The van der Waals surface area contributed by atoms with Gasteiger partial charge in [0.2, 0.25) is 15.0 Å². The first-order valence-electron chi connectivity index (χ1n) is 29.3. The Morgan fingerprint density at radius 3 is 1.46 bits per heavy atom. The predicted molar refractivity (Wildman–Crippen MR) is 366 cm³/mol. The zero-order chi connectivity index (χ0) is 68.1. The van der Waals surface area contributed by atoms with Crippen molar-refractivity contribution < 1.29 is 45.9 Å². The maximum atomic E-state index is 13.6. The molecule has 494 valence electrons. The van der Waals surface area contributed by atoms with Crippen LogP contribution in [0.2, 0.25) is 0 Å². The number of benzene rings is 3. The normalized spacial score (nSPS) is 12.1. The van der Waals surface area contributed by atoms with Crippen molar-refractivity contribution in [3.8, 4) is 95.4 Å². The molecule has 0 aliphatic carbocycles. The molecule has 0 fully saturated rings. The minimum Gasteiger partial charge on any atom is -0.609 e. The molecule has 0 radical (unpaired) electrons. The molecule has 0 saturated carbocycles. The maximum Gasteiger partial charge on any atom is 0.343 e. The molecule has 0 spiro atoms. The Balaban J connectivity index is 0.730. The summed E-state index contributed by atoms with van der Waals surface area (Å²) in [5, 5.41) is 2.85. The van der Waals surface area contributed by atoms with E-state index in [0.29, 0.717) is 100.0 Å². The lowest BCUT2D eigenvalue weighted by Crippen LogP contribution is -2.19. The van der Waals surface area contributed by atoms with Crippen molar-refractivity contribution in [1.82, 2.24) is 58.1 Å². The minimum absolute atomic E-state index is 0.0341. The van der Waals surface area contributed by atoms with E-state index in [4.69, 9.17) is 28.4 Å². The molecule has 0 aliphatic rings. The van der Waals surface area contributed by atoms with Gasteiger partial charge in [-0.05, 0) is 89.5 Å². The lowest BCUT2D eigenvalue weighted by Gasteiger charge is -2.14. The van der Waals surface area contributed by atoms with Gasteiger partial charge in [-0.25, -0.2) is 28.4 Å². The van der Waals surface area contributed by atoms with Gasteiger partial charge < -0.3 is 55.8 Å². The van der Waals surface area contributed by atoms with Gasteiger partial charge in [0, 0.05) is 124 Å². The van der Waals surface area contributed by atoms with Gasteiger partial charge >= 0.3 is 10.3 Å². The topological polar surface area (TPSA) is 310 Å². The largest absolute Gasteiger partial charge is 0.609 e. The van der Waals surface area contributed by atoms with E-state index in [9.17, 15) is 31.9 Å². The number of pyridine rings is 3. The average Bonchev–Trinajstić information content (AvgIpc) is 1.75. The van der Waals surface area contributed by atoms with Crippen LogP contribution in [0.1, 0.15) is 27.3 Å². The van der Waals surface area contributed by atoms with E-state index < -0.39 is 37.3 Å². The molecular formula is C67H58N12O13S5. The Bertz CT molecular complexity index is 5210. The van der Waals surface area contributed by atoms with Crippen LogP contribution in [0.25, 0.3) is 60.9 Å². The quantitative estimate of drug-likeness (QED) is 0.0381. The molecule has 9 aromatic heterocycles. The van der Waals surface area contributed by atoms with E-state index in [0.717, 1.165) is 17.4 Å². The molecule has 3 aromatic carbocycles. The standard InChI is InChI=1S/C67H58N12O13S5/c1-87-52-14-8-40(24-55(52)90-4)31-77-37-46(13-19-63(77)82)49-29-59(75-67(74-49)97(7,85)86)76-22-20-43(34-76)38-91-56-25-41(9-15-53(56)88-2)32-78-35-44(11-17-61(78)80)47-27-50(72-65(70-47)95(5)83)58-30-69-60(94-58)39-92-57-26-42(10-16-54(57)89-3)33-79-36-45(12-18-62(79)81)48-28-51(64-68-21-23-93-64)73-66(71-48)96(6)84/h8-30,34-37H,31-33,38-39H2,1-7H3. The molecule has 0 aliphatic heterocycles. The highest BCUT2D eigenvalue weighted by atomic mass is 32.2. The molecule has 0 amide bonds. The lowest BCUT2D eigenvalue weighted by molar-refractivity contribution is 0.283. The van der Waals surface area contributed by atoms with Crippen LogP contribution in [-0.4, -0.2) is 123 Å². The van der Waals surface area contributed by atoms with E-state index in [-0.39, 0.29) is 71.4 Å². The fourth-order valence-electron chi connectivity index (χ4n) is 10.2. The third-order valence-corrected chi connectivity index (χ3v) is 19.0. The summed E-state index contributed by atoms with van der Waals surface area (Å²) in [5.41, 5.74) is 5.79. The first kappa shape index (κ1) is 66.7. The Morgan fingerprint density at radius 1 is 0.495 bits per heavy atom. The predicted octanol–water partition coefficient (Wildman–Crippen LogP) is 8.80. The van der Waals surface area contributed by atoms with Crippen LogP contribution in [0.5, 0.6) is 34.5 Å². The highest BCUT2D eigenvalue weighted by molar-refractivity contribution is 7.91. The molecule has 9 heterocycles. The number of hydrogen-bond donors (Lipinski definition) is 0. The van der Waals surface area contributed by atoms with E-state index in [1.807, 2.05) is 23.6 Å². The molecule has 0 N–H and O–H groups in total. The van der Waals surface area contributed by atoms with Crippen molar-refractivity contribution in [3.63, 3.8) is 0 Å². The Hall–Kier alpha value is -10.3. The molecule has 2 unspecified atom stereocenters. The maximum absolute atomic E-state index is 13.6. The monoisotopic (exact) mass is 1400 g/mol. The second kappa shape index (κ2) is 28.9. The summed E-state index contributed by atoms with van der Waals surface area (Å²) in [6.45, 7) is 0.545. The van der Waals surface area contributed by atoms with Crippen molar-refractivity contribution in [3.05, 3.63) is 222 Å². The fourth-order valence-corrected chi connectivity index (χ4v) is 13.0. The van der Waals surface area contributed by atoms with Crippen LogP contribution in [0.4, 0.5) is 0 Å². The van der Waals surface area contributed by atoms with Gasteiger partial charge in [-0.15, -0.1) is 22.7 Å². The summed E-state index contributed by atoms with van der Waals surface area (Å²) in [4.78, 5) is 76.7. The Labute approximate surface area is 568 Å². The molecule has 97 heavy (non-hydrogen) atoms. The number of ether oxygens (including phenoxy) is 6. The fraction of sp³-hybridized carbons (Fsp3) is 0.179. The average molecular weight is 1400 g/mol. The summed E-state index contributed by atoms with van der Waals surface area (Å²) < 4.78 is 92.7. The highest BCUT2D eigenvalue weighted by Crippen LogP contribution is 2.35. The summed E-state index contributed by atoms with van der Waals surface area (Å²) >= 11 is -0.388. The smallest absolute Gasteiger partial charge is 0.343 e. The first-order valence-corrected chi connectivity index (χ1v) is 36.0. The third kappa shape index (κ3) is 15.5. The second-order valence-corrected chi connectivity index (χ2v) is 28.2. The van der Waals surface area contributed by atoms with Crippen molar-refractivity contribution in [2.75, 3.05) is 47.2 Å². The SMILES string of the molecule is COc1ccc(Cn2cc(-c3cc(-n4ccc(COc5cc(Cn6cc(-c7cc(-c8cnc(COc9cc(Cn%10cc(-c%11cc(-c%12nccs%12)nc([S+](C)[O-])n%11)ccc%10=O)ccc9OC)s8)nc([S+](C)[O-])n7)ccc6=O)ccc5OC)c4)nc(S(C)(=O)=O)n3)ccc2=O)cc1OC. The minimum atomic E-state index is -3.91. The number of sulfone groups is 1. The summed E-state index contributed by atoms with van der Waals surface area (Å²) in [5.74, 6) is 2.95. The molecule has 0 bridgehead atoms. The van der Waals surface area contributed by atoms with Crippen molar-refractivity contribution in [1.29, 1.82) is 0 Å². The van der Waals surface area contributed by atoms with Gasteiger partial charge in [0.15, 0.2) is 34.5 Å². The number of hydrogen-bond acceptors (Lipinski definition) is 23. The summed E-state index contributed by atoms with van der Waals surface area (Å²) in [7, 11) is 2.19. The van der Waals surface area contributed by atoms with Gasteiger partial charge in [-0.3, -0.25) is 14.4 Å². The van der Waals surface area contributed by atoms with Crippen LogP contribution >= 0.6 is 22.7 Å². The second-order valence-electron chi connectivity index (χ2n) is 21.7. The first-order chi connectivity index (χ1) is 46.8. The van der Waals surface area contributed by atoms with Crippen molar-refractivity contribution >= 4 is 54.9 Å². The van der Waals surface area contributed by atoms with Gasteiger partial charge in [-0.1, -0.05) is 18.2 Å². The van der Waals surface area contributed by atoms with E-state index in [1.54, 1.807) is 131 Å². The number of nitrogens with zero attached hydrogens (tertiary/aromatic N) is 12. The van der Waals surface area contributed by atoms with Gasteiger partial charge in [-0.2, -0.15) is 19.9 Å². The van der Waals surface area contributed by atoms with Crippen molar-refractivity contribution in [2.45, 2.75) is 48.3 Å². The van der Waals surface area contributed by atoms with Gasteiger partial charge in [0.25, 0.3) is 16.7 Å². The molecule has 12 rings (SSSR count). The summed E-state index contributed by atoms with van der Waals surface area (Å²) in [6.07, 6.45) is 15.7. The number of methoxy groups -OCH3 is 4. The van der Waals surface area contributed by atoms with Gasteiger partial charge in [0.1, 0.15) is 47.3 Å². The van der Waals surface area contributed by atoms with Gasteiger partial charge in [0.05, 0.1) is 75.7 Å². The molecule has 2 atom stereocenters. The number of aromatic nitrogens is 12. The van der Waals surface area contributed by atoms with Crippen LogP contribution in [-0.2, 0) is 65.0 Å². The van der Waals surface area contributed by atoms with Crippen molar-refractivity contribution in [2.24, 2.45) is 0 Å². The Morgan fingerprint density at radius 2 is 0.969 bits per heavy atom. The van der Waals surface area contributed by atoms with E-state index >= 15 is 0 Å². The van der Waals surface area contributed by atoms with Crippen LogP contribution in [0, 0.1) is 0 Å². The molecule has 0 saturated heterocycles. The third-order valence-electron chi connectivity index (χ3n) is 15.0. The van der Waals surface area contributed by atoms with E-state index in [1.165, 1.54) is 91.0 Å². The molecular weight excluding hydrogens is 1340 g/mol. The molecule has 12 aromatic rings. The Kier molecular flexibility index (Phi) is 19.9. The number of rotatable bonds is 25. The van der Waals surface area contributed by atoms with Crippen LogP contribution in [0.3, 0.4) is 0 Å². The zero-order valence-electron chi connectivity index (χ0n) is 52.8. The van der Waals surface area contributed by atoms with Crippen LogP contribution < -0.4 is 45.1 Å². The molecule has 25 nitrogen and oxygen atoms in total.